The lowest BCUT2D eigenvalue weighted by Crippen LogP contribution is -2.63. The summed E-state index contributed by atoms with van der Waals surface area (Å²) in [6.07, 6.45) is -0.195. The number of aliphatic hydroxyl groups excluding tert-OH is 4. The number of piperidine rings is 1. The van der Waals surface area contributed by atoms with Crippen molar-refractivity contribution in [3.8, 4) is 0 Å². The number of rotatable bonds is 17. The highest BCUT2D eigenvalue weighted by Gasteiger charge is 2.44. The zero-order valence-electron chi connectivity index (χ0n) is 65.7. The second-order valence-electron chi connectivity index (χ2n) is 32.3. The van der Waals surface area contributed by atoms with Crippen molar-refractivity contribution in [2.24, 2.45) is 34.8 Å². The zero-order chi connectivity index (χ0) is 81.9. The van der Waals surface area contributed by atoms with Crippen LogP contribution in [0, 0.1) is 29.1 Å². The number of carbonyl (C=O) groups excluding carboxylic acids is 12. The molecule has 2 bridgehead atoms. The molecular weight excluding hydrogens is 1490 g/mol. The lowest BCUT2D eigenvalue weighted by atomic mass is 9.82. The first kappa shape index (κ1) is 91.9. The molecule has 12 amide bonds. The number of carboxylic acids is 1. The maximum atomic E-state index is 15.1. The Kier molecular flexibility index (Phi) is 37.0. The van der Waals surface area contributed by atoms with Crippen LogP contribution in [0.15, 0.2) is 24.3 Å². The van der Waals surface area contributed by atoms with E-state index in [2.05, 4.69) is 79.8 Å². The summed E-state index contributed by atoms with van der Waals surface area (Å²) >= 11 is 2.73. The van der Waals surface area contributed by atoms with Crippen LogP contribution in [0.3, 0.4) is 0 Å². The van der Waals surface area contributed by atoms with Gasteiger partial charge in [-0.1, -0.05) is 71.7 Å². The molecule has 0 spiro atoms. The highest BCUT2D eigenvalue weighted by molar-refractivity contribution is 7.98. The van der Waals surface area contributed by atoms with Crippen LogP contribution in [0.25, 0.3) is 0 Å². The topological polar surface area (TPSA) is 530 Å². The Bertz CT molecular complexity index is 3350. The molecule has 112 heavy (non-hydrogen) atoms. The first-order chi connectivity index (χ1) is 53.2. The number of hydrogen-bond acceptors (Lipinski definition) is 23. The molecule has 1 aromatic carbocycles. The van der Waals surface area contributed by atoms with Crippen molar-refractivity contribution in [1.82, 2.24) is 79.8 Å². The first-order valence-electron chi connectivity index (χ1n) is 39.9. The van der Waals surface area contributed by atoms with Crippen LogP contribution in [-0.2, 0) is 73.8 Å². The van der Waals surface area contributed by atoms with Crippen LogP contribution >= 0.6 is 23.5 Å². The molecule has 3 saturated heterocycles. The predicted octanol–water partition coefficient (Wildman–Crippen LogP) is -2.02. The molecule has 0 radical (unpaired) electrons. The number of fused-ring (bicyclic) bond motifs is 3. The van der Waals surface area contributed by atoms with Gasteiger partial charge in [-0.05, 0) is 170 Å². The molecule has 5 fully saturated rings. The summed E-state index contributed by atoms with van der Waals surface area (Å²) in [5.41, 5.74) is 6.66. The largest absolute Gasteiger partial charge is 0.481 e. The highest BCUT2D eigenvalue weighted by atomic mass is 32.2. The molecule has 2 saturated carbocycles. The molecule has 22 N–H and O–H groups in total. The number of aliphatic hydroxyl groups is 4. The SMILES string of the molecule is CCC[C@@H]1NC(=O)[C@H](CC2CNC3NCCCC23)NC(=O)[C@H]([C@@H](C)O)NC(=O)[C@H](CC2CNCN2)NC(=O)[C@H](CC2CCC(O)CC2)NC(=O)[C@H](C(C)(C)C)NC(=O)CCSCc2cccc(c2)CSC[C@@H](C(N)=O)NC(=O)[C@H]([C@@H](C)O)NC(=O)[C@H](CCC)NC(=O)[C@H](CC2CCC(O)CC2)NC(=O)[C@H](CC(=O)O)NC1=O. The third-order valence-electron chi connectivity index (χ3n) is 21.9. The number of hydrogen-bond donors (Lipinski definition) is 21. The number of carbonyl (C=O) groups is 13. The van der Waals surface area contributed by atoms with Gasteiger partial charge >= 0.3 is 5.97 Å². The van der Waals surface area contributed by atoms with Gasteiger partial charge in [-0.2, -0.15) is 23.5 Å². The summed E-state index contributed by atoms with van der Waals surface area (Å²) in [5, 5.41) is 96.5. The van der Waals surface area contributed by atoms with Crippen molar-refractivity contribution >= 4 is 100 Å². The third kappa shape index (κ3) is 29.2. The van der Waals surface area contributed by atoms with E-state index in [0.29, 0.717) is 88.4 Å². The second kappa shape index (κ2) is 45.1. The van der Waals surface area contributed by atoms with Crippen molar-refractivity contribution in [3.63, 3.8) is 0 Å². The molecule has 6 aliphatic rings. The Morgan fingerprint density at radius 2 is 1.00 bits per heavy atom. The fourth-order valence-corrected chi connectivity index (χ4v) is 17.4. The van der Waals surface area contributed by atoms with Gasteiger partial charge in [0.1, 0.15) is 66.5 Å². The molecule has 36 heteroatoms. The van der Waals surface area contributed by atoms with E-state index in [9.17, 15) is 78.3 Å². The minimum absolute atomic E-state index is 0.00611. The number of nitrogens with two attached hydrogens (primary N) is 1. The van der Waals surface area contributed by atoms with E-state index in [-0.39, 0.29) is 93.4 Å². The number of primary amides is 1. The van der Waals surface area contributed by atoms with E-state index in [0.717, 1.165) is 30.5 Å². The molecule has 4 aliphatic heterocycles. The minimum Gasteiger partial charge on any atom is -0.481 e. The quantitative estimate of drug-likeness (QED) is 0.0801. The first-order valence-corrected chi connectivity index (χ1v) is 42.2. The minimum atomic E-state index is -1.90. The number of nitrogens with one attached hydrogen (secondary N) is 15. The Labute approximate surface area is 664 Å². The average molecular weight is 1610 g/mol. The van der Waals surface area contributed by atoms with Crippen molar-refractivity contribution in [2.75, 3.05) is 37.8 Å². The molecule has 4 heterocycles. The van der Waals surface area contributed by atoms with Crippen LogP contribution in [0.2, 0.25) is 0 Å². The van der Waals surface area contributed by atoms with Gasteiger partial charge in [0.15, 0.2) is 0 Å². The second-order valence-corrected chi connectivity index (χ2v) is 34.4. The smallest absolute Gasteiger partial charge is 0.305 e. The van der Waals surface area contributed by atoms with Gasteiger partial charge in [0, 0.05) is 48.7 Å². The zero-order valence-corrected chi connectivity index (χ0v) is 67.3. The Balaban J connectivity index is 1.22. The number of benzene rings is 1. The van der Waals surface area contributed by atoms with Crippen LogP contribution in [0.5, 0.6) is 0 Å². The van der Waals surface area contributed by atoms with Gasteiger partial charge in [-0.25, -0.2) is 0 Å². The lowest BCUT2D eigenvalue weighted by Gasteiger charge is -2.34. The molecule has 628 valence electrons. The molecule has 34 nitrogen and oxygen atoms in total. The average Bonchev–Trinajstić information content (AvgIpc) is 1.60. The summed E-state index contributed by atoms with van der Waals surface area (Å²) in [5.74, 6) is -11.7. The third-order valence-corrected chi connectivity index (χ3v) is 24.1. The number of thioether (sulfide) groups is 2. The Hall–Kier alpha value is -7.29. The molecule has 7 rings (SSSR count). The predicted molar refractivity (Wildman–Crippen MR) is 419 cm³/mol. The van der Waals surface area contributed by atoms with Gasteiger partial charge < -0.3 is 111 Å². The Morgan fingerprint density at radius 3 is 1.51 bits per heavy atom. The van der Waals surface area contributed by atoms with E-state index in [1.807, 2.05) is 24.3 Å². The molecular formula is C76H124N16O18S2. The van der Waals surface area contributed by atoms with E-state index in [1.54, 1.807) is 34.6 Å². The molecule has 2 aliphatic carbocycles. The summed E-state index contributed by atoms with van der Waals surface area (Å²) < 4.78 is 0. The van der Waals surface area contributed by atoms with Crippen molar-refractivity contribution in [1.29, 1.82) is 0 Å². The summed E-state index contributed by atoms with van der Waals surface area (Å²) in [7, 11) is 0. The van der Waals surface area contributed by atoms with Crippen molar-refractivity contribution in [2.45, 2.75) is 291 Å². The van der Waals surface area contributed by atoms with Gasteiger partial charge in [0.25, 0.3) is 0 Å². The van der Waals surface area contributed by atoms with Crippen LogP contribution < -0.4 is 85.5 Å². The fraction of sp³-hybridized carbons (Fsp3) is 0.750. The van der Waals surface area contributed by atoms with Crippen molar-refractivity contribution < 1.29 is 87.9 Å². The van der Waals surface area contributed by atoms with Gasteiger partial charge in [0.05, 0.1) is 37.0 Å². The summed E-state index contributed by atoms with van der Waals surface area (Å²) in [6.45, 7) is 13.0. The van der Waals surface area contributed by atoms with Crippen molar-refractivity contribution in [3.05, 3.63) is 35.4 Å². The Morgan fingerprint density at radius 1 is 0.536 bits per heavy atom. The molecule has 17 atom stereocenters. The monoisotopic (exact) mass is 1610 g/mol. The highest BCUT2D eigenvalue weighted by Crippen LogP contribution is 2.33. The van der Waals surface area contributed by atoms with E-state index in [4.69, 9.17) is 5.73 Å². The normalized spacial score (nSPS) is 32.6. The number of aliphatic carboxylic acids is 1. The summed E-state index contributed by atoms with van der Waals surface area (Å²) in [4.78, 5) is 187. The number of carboxylic acid groups (broad SMARTS) is 1. The summed E-state index contributed by atoms with van der Waals surface area (Å²) in [6, 6.07) is -9.30. The molecule has 0 aromatic heterocycles. The van der Waals surface area contributed by atoms with Crippen LogP contribution in [0.4, 0.5) is 0 Å². The fourth-order valence-electron chi connectivity index (χ4n) is 15.5. The maximum Gasteiger partial charge on any atom is 0.305 e. The lowest BCUT2D eigenvalue weighted by molar-refractivity contribution is -0.142. The van der Waals surface area contributed by atoms with Crippen LogP contribution in [0.1, 0.15) is 188 Å². The standard InChI is InChI=1S/C76H124N16O18S2/c1-8-12-51-66(101)86-57(33-60(98)99)71(106)84-53(29-42-17-21-48(95)22-18-42)68(103)83-52(13-9-2)67(102)91-62(41(4)94)74(109)89-58(64(77)100)38-112-37-45-15-10-14-44(28-45)36-111-27-25-59(97)90-63(76(5,6)7)75(110)88-54(30-43-19-23-49(96)24-20-43)69(104)85-56(32-47-35-78-39-81-47)72(107)92-61(40(3)93)73(108)87-55(70(105)82-51)31-46-34-80-65-50(46)16-11-26-79-65/h10,14-15,28,40-43,46-58,61-63,65,78-81,93-96H,8-9,11-13,16-27,29-39H2,1-7H3,(H2,77,100)(H,82,105)(H,83,103)(H,84,106)(H,85,104)(H,86,101)(H,87,108)(H,88,110)(H,89,109)(H,90,97)(H,91,102)(H,92,107)(H,98,99)/t40-,41-,42?,43?,46?,47?,48?,49?,50?,51+,52+,53+,54+,55+,56+,57+,58+,61+,62+,63-,65?/m1/s1. The molecule has 4 unspecified atom stereocenters. The molecule has 1 aromatic rings. The van der Waals surface area contributed by atoms with E-state index in [1.165, 1.54) is 37.4 Å². The maximum absolute atomic E-state index is 15.1. The van der Waals surface area contributed by atoms with Gasteiger partial charge in [-0.3, -0.25) is 62.3 Å². The van der Waals surface area contributed by atoms with Gasteiger partial charge in [-0.15, -0.1) is 0 Å². The van der Waals surface area contributed by atoms with Gasteiger partial charge in [0.2, 0.25) is 70.9 Å². The number of amides is 12. The van der Waals surface area contributed by atoms with E-state index >= 15 is 9.59 Å². The van der Waals surface area contributed by atoms with E-state index < -0.39 is 186 Å². The van der Waals surface area contributed by atoms with Crippen LogP contribution in [-0.4, -0.2) is 243 Å².